The first-order valence-electron chi connectivity index (χ1n) is 3.59. The first-order chi connectivity index (χ1) is 5.00. The van der Waals surface area contributed by atoms with Gasteiger partial charge in [0, 0.05) is 0 Å². The fourth-order valence-corrected chi connectivity index (χ4v) is 1.03. The molecule has 0 heterocycles. The van der Waals surface area contributed by atoms with E-state index >= 15 is 0 Å². The van der Waals surface area contributed by atoms with E-state index in [9.17, 15) is 0 Å². The normalized spacial score (nSPS) is 11.5. The Hall–Kier alpha value is -0.600. The molecule has 0 aliphatic carbocycles. The molecule has 1 nitrogen and oxygen atoms in total. The zero-order valence-electron chi connectivity index (χ0n) is 7.16. The molecule has 0 aliphatic heterocycles. The summed E-state index contributed by atoms with van der Waals surface area (Å²) in [5, 5.41) is 0. The Kier molecular flexibility index (Phi) is 2.16. The molecule has 0 amide bonds. The van der Waals surface area contributed by atoms with Gasteiger partial charge >= 0.3 is 0 Å². The third-order valence-corrected chi connectivity index (χ3v) is 1.88. The van der Waals surface area contributed by atoms with Crippen LogP contribution in [0, 0.1) is 0 Å². The molecule has 0 atom stereocenters. The van der Waals surface area contributed by atoms with Gasteiger partial charge in [0.15, 0.2) is 0 Å². The second-order valence-electron chi connectivity index (χ2n) is 3.51. The minimum absolute atomic E-state index is 0.843. The van der Waals surface area contributed by atoms with Crippen molar-refractivity contribution in [2.24, 2.45) is 0 Å². The summed E-state index contributed by atoms with van der Waals surface area (Å²) in [6, 6.07) is 8.08. The zero-order valence-corrected chi connectivity index (χ0v) is 7.98. The van der Waals surface area contributed by atoms with Gasteiger partial charge in [0.2, 0.25) is 0 Å². The average Bonchev–Trinajstić information content (AvgIpc) is 1.86. The van der Waals surface area contributed by atoms with Crippen LogP contribution in [-0.2, 0) is 12.6 Å². The SMILES string of the molecule is C[N+](C)(C)c1ccc([S-])cc1. The predicted octanol–water partition coefficient (Wildman–Crippen LogP) is 1.79. The van der Waals surface area contributed by atoms with E-state index in [1.54, 1.807) is 0 Å². The Labute approximate surface area is 73.7 Å². The van der Waals surface area contributed by atoms with Crippen molar-refractivity contribution in [3.8, 4) is 0 Å². The fourth-order valence-electron chi connectivity index (χ4n) is 0.893. The second-order valence-corrected chi connectivity index (χ2v) is 3.98. The molecule has 0 saturated heterocycles. The highest BCUT2D eigenvalue weighted by Crippen LogP contribution is 2.16. The highest BCUT2D eigenvalue weighted by atomic mass is 32.1. The molecule has 0 radical (unpaired) electrons. The summed E-state index contributed by atoms with van der Waals surface area (Å²) < 4.78 is 0.843. The van der Waals surface area contributed by atoms with Crippen molar-refractivity contribution in [2.75, 3.05) is 21.1 Å². The number of benzene rings is 1. The smallest absolute Gasteiger partial charge is 0.132 e. The van der Waals surface area contributed by atoms with Crippen molar-refractivity contribution in [1.82, 2.24) is 4.48 Å². The Morgan fingerprint density at radius 3 is 1.82 bits per heavy atom. The summed E-state index contributed by atoms with van der Waals surface area (Å²) in [4.78, 5) is 0.905. The van der Waals surface area contributed by atoms with Crippen LogP contribution < -0.4 is 4.48 Å². The van der Waals surface area contributed by atoms with Crippen LogP contribution in [0.2, 0.25) is 0 Å². The maximum absolute atomic E-state index is 4.99. The molecule has 11 heavy (non-hydrogen) atoms. The summed E-state index contributed by atoms with van der Waals surface area (Å²) in [6.07, 6.45) is 0. The van der Waals surface area contributed by atoms with Gasteiger partial charge in [-0.15, -0.1) is 0 Å². The predicted molar refractivity (Wildman–Crippen MR) is 51.6 cm³/mol. The summed E-state index contributed by atoms with van der Waals surface area (Å²) >= 11 is 4.99. The second kappa shape index (κ2) is 2.80. The van der Waals surface area contributed by atoms with Crippen LogP contribution >= 0.6 is 0 Å². The Bertz CT molecular complexity index is 233. The highest BCUT2D eigenvalue weighted by Gasteiger charge is 2.09. The molecule has 0 N–H and O–H groups in total. The summed E-state index contributed by atoms with van der Waals surface area (Å²) in [6.45, 7) is 0. The van der Waals surface area contributed by atoms with Crippen LogP contribution in [-0.4, -0.2) is 21.1 Å². The largest absolute Gasteiger partial charge is 0.780 e. The van der Waals surface area contributed by atoms with Crippen LogP contribution in [0.25, 0.3) is 0 Å². The molecule has 60 valence electrons. The van der Waals surface area contributed by atoms with Crippen LogP contribution in [0.1, 0.15) is 0 Å². The molecule has 0 bridgehead atoms. The summed E-state index contributed by atoms with van der Waals surface area (Å²) in [7, 11) is 6.41. The molecule has 0 spiro atoms. The molecule has 0 unspecified atom stereocenters. The minimum atomic E-state index is 0.843. The number of hydrogen-bond donors (Lipinski definition) is 0. The summed E-state index contributed by atoms with van der Waals surface area (Å²) in [5.41, 5.74) is 1.28. The molecule has 2 heteroatoms. The monoisotopic (exact) mass is 167 g/mol. The molecule has 0 aromatic heterocycles. The lowest BCUT2D eigenvalue weighted by atomic mass is 10.3. The Balaban J connectivity index is 2.99. The van der Waals surface area contributed by atoms with Crippen molar-refractivity contribution in [3.63, 3.8) is 0 Å². The molecule has 1 aromatic rings. The molecule has 0 saturated carbocycles. The van der Waals surface area contributed by atoms with Crippen LogP contribution in [0.5, 0.6) is 0 Å². The van der Waals surface area contributed by atoms with Crippen LogP contribution in [0.15, 0.2) is 29.2 Å². The van der Waals surface area contributed by atoms with Gasteiger partial charge < -0.3 is 12.6 Å². The lowest BCUT2D eigenvalue weighted by Crippen LogP contribution is -2.34. The highest BCUT2D eigenvalue weighted by molar-refractivity contribution is 7.58. The fraction of sp³-hybridized carbons (Fsp3) is 0.333. The van der Waals surface area contributed by atoms with Crippen LogP contribution in [0.4, 0.5) is 5.69 Å². The standard InChI is InChI=1S/C9H13NS/c1-10(2,3)8-4-6-9(11)7-5-8/h4-7H,1-3H3. The number of quaternary nitrogens is 1. The first-order valence-corrected chi connectivity index (χ1v) is 4.00. The van der Waals surface area contributed by atoms with E-state index in [1.165, 1.54) is 5.69 Å². The van der Waals surface area contributed by atoms with E-state index in [-0.39, 0.29) is 0 Å². The van der Waals surface area contributed by atoms with Crippen molar-refractivity contribution < 1.29 is 0 Å². The Morgan fingerprint density at radius 2 is 1.45 bits per heavy atom. The topological polar surface area (TPSA) is 0 Å². The maximum Gasteiger partial charge on any atom is 0.132 e. The molecular weight excluding hydrogens is 154 g/mol. The quantitative estimate of drug-likeness (QED) is 0.454. The van der Waals surface area contributed by atoms with Crippen LogP contribution in [0.3, 0.4) is 0 Å². The minimum Gasteiger partial charge on any atom is -0.780 e. The molecule has 1 rings (SSSR count). The lowest BCUT2D eigenvalue weighted by molar-refractivity contribution is 0.486. The molecule has 0 aliphatic rings. The van der Waals surface area contributed by atoms with Crippen molar-refractivity contribution in [1.29, 1.82) is 0 Å². The maximum atomic E-state index is 4.99. The van der Waals surface area contributed by atoms with Gasteiger partial charge in [-0.05, 0) is 12.1 Å². The van der Waals surface area contributed by atoms with Crippen molar-refractivity contribution in [3.05, 3.63) is 24.3 Å². The summed E-state index contributed by atoms with van der Waals surface area (Å²) in [5.74, 6) is 0. The van der Waals surface area contributed by atoms with E-state index in [2.05, 4.69) is 33.3 Å². The number of rotatable bonds is 1. The van der Waals surface area contributed by atoms with Gasteiger partial charge in [0.1, 0.15) is 5.69 Å². The first kappa shape index (κ1) is 8.50. The Morgan fingerprint density at radius 1 is 1.00 bits per heavy atom. The van der Waals surface area contributed by atoms with E-state index < -0.39 is 0 Å². The average molecular weight is 167 g/mol. The van der Waals surface area contributed by atoms with Crippen molar-refractivity contribution in [2.45, 2.75) is 4.90 Å². The molecule has 1 aromatic carbocycles. The van der Waals surface area contributed by atoms with Gasteiger partial charge in [0.25, 0.3) is 0 Å². The van der Waals surface area contributed by atoms with E-state index in [0.29, 0.717) is 0 Å². The van der Waals surface area contributed by atoms with E-state index in [1.807, 2.05) is 12.1 Å². The third-order valence-electron chi connectivity index (χ3n) is 1.61. The van der Waals surface area contributed by atoms with Gasteiger partial charge in [0.05, 0.1) is 21.1 Å². The molecular formula is C9H13NS. The van der Waals surface area contributed by atoms with Gasteiger partial charge in [-0.3, -0.25) is 4.48 Å². The lowest BCUT2D eigenvalue weighted by Gasteiger charge is -2.23. The molecule has 0 fully saturated rings. The van der Waals surface area contributed by atoms with Gasteiger partial charge in [-0.25, -0.2) is 0 Å². The third kappa shape index (κ3) is 2.17. The zero-order chi connectivity index (χ0) is 8.48. The van der Waals surface area contributed by atoms with Gasteiger partial charge in [-0.1, -0.05) is 12.1 Å². The van der Waals surface area contributed by atoms with Crippen molar-refractivity contribution >= 4 is 18.3 Å². The van der Waals surface area contributed by atoms with E-state index in [4.69, 9.17) is 12.6 Å². The van der Waals surface area contributed by atoms with Gasteiger partial charge in [-0.2, -0.15) is 4.90 Å². The number of hydrogen-bond acceptors (Lipinski definition) is 1. The van der Waals surface area contributed by atoms with E-state index in [0.717, 1.165) is 9.38 Å². The number of nitrogens with zero attached hydrogens (tertiary/aromatic N) is 1.